The maximum Gasteiger partial charge on any atom is 0.0619 e. The Labute approximate surface area is 126 Å². The van der Waals surface area contributed by atoms with Crippen molar-refractivity contribution >= 4 is 0 Å². The number of rotatable bonds is 4. The molecule has 0 aromatic heterocycles. The van der Waals surface area contributed by atoms with Crippen LogP contribution in [0.15, 0.2) is 54.6 Å². The van der Waals surface area contributed by atoms with Crippen LogP contribution in [0.3, 0.4) is 0 Å². The highest BCUT2D eigenvalue weighted by atomic mass is 16.5. The van der Waals surface area contributed by atoms with E-state index >= 15 is 0 Å². The minimum atomic E-state index is 0.0715. The van der Waals surface area contributed by atoms with Crippen molar-refractivity contribution in [3.05, 3.63) is 60.2 Å². The summed E-state index contributed by atoms with van der Waals surface area (Å²) >= 11 is 0. The first-order valence-corrected chi connectivity index (χ1v) is 7.82. The Morgan fingerprint density at radius 3 is 2.38 bits per heavy atom. The van der Waals surface area contributed by atoms with Crippen molar-refractivity contribution in [2.75, 3.05) is 6.61 Å². The van der Waals surface area contributed by atoms with Gasteiger partial charge in [0.25, 0.3) is 0 Å². The van der Waals surface area contributed by atoms with E-state index in [1.54, 1.807) is 0 Å². The second kappa shape index (κ2) is 6.42. The van der Waals surface area contributed by atoms with Crippen LogP contribution in [0.2, 0.25) is 0 Å². The Hall–Kier alpha value is -1.64. The quantitative estimate of drug-likeness (QED) is 0.913. The van der Waals surface area contributed by atoms with Gasteiger partial charge in [0.15, 0.2) is 0 Å². The molecule has 0 radical (unpaired) electrons. The molecule has 1 aliphatic rings. The zero-order valence-electron chi connectivity index (χ0n) is 12.5. The minimum absolute atomic E-state index is 0.0715. The van der Waals surface area contributed by atoms with Gasteiger partial charge in [0, 0.05) is 18.6 Å². The maximum absolute atomic E-state index is 6.48. The van der Waals surface area contributed by atoms with Crippen LogP contribution in [0.4, 0.5) is 0 Å². The van der Waals surface area contributed by atoms with Crippen molar-refractivity contribution in [3.63, 3.8) is 0 Å². The molecule has 2 N–H and O–H groups in total. The summed E-state index contributed by atoms with van der Waals surface area (Å²) in [6.07, 6.45) is 2.43. The van der Waals surface area contributed by atoms with Gasteiger partial charge in [-0.05, 0) is 29.5 Å². The first-order valence-electron chi connectivity index (χ1n) is 7.82. The Morgan fingerprint density at radius 1 is 1.05 bits per heavy atom. The molecule has 0 saturated carbocycles. The third kappa shape index (κ3) is 3.02. The van der Waals surface area contributed by atoms with Gasteiger partial charge < -0.3 is 10.5 Å². The lowest BCUT2D eigenvalue weighted by atomic mass is 9.87. The summed E-state index contributed by atoms with van der Waals surface area (Å²) in [5.41, 5.74) is 10.2. The van der Waals surface area contributed by atoms with Crippen molar-refractivity contribution in [1.29, 1.82) is 0 Å². The summed E-state index contributed by atoms with van der Waals surface area (Å²) in [5, 5.41) is 0. The minimum Gasteiger partial charge on any atom is -0.378 e. The molecule has 2 heteroatoms. The fourth-order valence-electron chi connectivity index (χ4n) is 3.27. The van der Waals surface area contributed by atoms with E-state index in [4.69, 9.17) is 10.5 Å². The van der Waals surface area contributed by atoms with Crippen molar-refractivity contribution in [3.8, 4) is 11.1 Å². The van der Waals surface area contributed by atoms with Gasteiger partial charge in [-0.3, -0.25) is 0 Å². The highest BCUT2D eigenvalue weighted by molar-refractivity contribution is 5.63. The third-order valence-corrected chi connectivity index (χ3v) is 4.53. The smallest absolute Gasteiger partial charge is 0.0619 e. The van der Waals surface area contributed by atoms with E-state index in [9.17, 15) is 0 Å². The second-order valence-corrected chi connectivity index (χ2v) is 5.78. The monoisotopic (exact) mass is 281 g/mol. The normalized spacial score (nSPS) is 23.1. The van der Waals surface area contributed by atoms with E-state index in [2.05, 4.69) is 55.5 Å². The lowest BCUT2D eigenvalue weighted by Crippen LogP contribution is -2.27. The van der Waals surface area contributed by atoms with Crippen LogP contribution in [0.5, 0.6) is 0 Å². The topological polar surface area (TPSA) is 35.2 Å². The molecule has 21 heavy (non-hydrogen) atoms. The van der Waals surface area contributed by atoms with Gasteiger partial charge in [0.05, 0.1) is 6.10 Å². The molecule has 3 atom stereocenters. The Balaban J connectivity index is 1.78. The molecule has 1 saturated heterocycles. The van der Waals surface area contributed by atoms with Crippen molar-refractivity contribution in [2.45, 2.75) is 31.9 Å². The van der Waals surface area contributed by atoms with Gasteiger partial charge in [-0.25, -0.2) is 0 Å². The molecule has 2 nitrogen and oxygen atoms in total. The standard InChI is InChI=1S/C19H23NO/c1-2-18-17(12-13-21-18)19(20)16-10-8-15(9-11-16)14-6-4-3-5-7-14/h3-11,17-19H,2,12-13,20H2,1H3. The zero-order chi connectivity index (χ0) is 14.7. The summed E-state index contributed by atoms with van der Waals surface area (Å²) in [7, 11) is 0. The fourth-order valence-corrected chi connectivity index (χ4v) is 3.27. The summed E-state index contributed by atoms with van der Waals surface area (Å²) in [6, 6.07) is 19.2. The molecule has 2 aromatic rings. The molecule has 2 aromatic carbocycles. The number of nitrogens with two attached hydrogens (primary N) is 1. The molecule has 0 amide bonds. The van der Waals surface area contributed by atoms with E-state index in [0.29, 0.717) is 12.0 Å². The predicted molar refractivity (Wildman–Crippen MR) is 86.9 cm³/mol. The Morgan fingerprint density at radius 2 is 1.71 bits per heavy atom. The van der Waals surface area contributed by atoms with Crippen LogP contribution >= 0.6 is 0 Å². The van der Waals surface area contributed by atoms with Gasteiger partial charge >= 0.3 is 0 Å². The fraction of sp³-hybridized carbons (Fsp3) is 0.368. The molecule has 0 aliphatic carbocycles. The number of hydrogen-bond acceptors (Lipinski definition) is 2. The van der Waals surface area contributed by atoms with E-state index in [1.165, 1.54) is 16.7 Å². The summed E-state index contributed by atoms with van der Waals surface area (Å²) in [4.78, 5) is 0. The molecule has 0 spiro atoms. The molecule has 0 bridgehead atoms. The number of hydrogen-bond donors (Lipinski definition) is 1. The van der Waals surface area contributed by atoms with Gasteiger partial charge in [-0.1, -0.05) is 61.5 Å². The second-order valence-electron chi connectivity index (χ2n) is 5.78. The first-order chi connectivity index (χ1) is 10.3. The first kappa shape index (κ1) is 14.3. The van der Waals surface area contributed by atoms with E-state index < -0.39 is 0 Å². The average Bonchev–Trinajstić information content (AvgIpc) is 3.04. The molecule has 1 aliphatic heterocycles. The largest absolute Gasteiger partial charge is 0.378 e. The average molecular weight is 281 g/mol. The van der Waals surface area contributed by atoms with Crippen LogP contribution in [0.25, 0.3) is 11.1 Å². The van der Waals surface area contributed by atoms with Crippen LogP contribution < -0.4 is 5.73 Å². The van der Waals surface area contributed by atoms with Crippen LogP contribution in [-0.4, -0.2) is 12.7 Å². The van der Waals surface area contributed by atoms with Crippen molar-refractivity contribution in [1.82, 2.24) is 0 Å². The van der Waals surface area contributed by atoms with Crippen molar-refractivity contribution in [2.24, 2.45) is 11.7 Å². The molecule has 3 unspecified atom stereocenters. The van der Waals surface area contributed by atoms with Crippen LogP contribution in [-0.2, 0) is 4.74 Å². The predicted octanol–water partition coefficient (Wildman–Crippen LogP) is 4.17. The van der Waals surface area contributed by atoms with Gasteiger partial charge in [0.2, 0.25) is 0 Å². The van der Waals surface area contributed by atoms with Gasteiger partial charge in [-0.2, -0.15) is 0 Å². The zero-order valence-corrected chi connectivity index (χ0v) is 12.5. The molecule has 110 valence electrons. The lowest BCUT2D eigenvalue weighted by molar-refractivity contribution is 0.0813. The number of benzene rings is 2. The molecular weight excluding hydrogens is 258 g/mol. The maximum atomic E-state index is 6.48. The molecule has 1 heterocycles. The van der Waals surface area contributed by atoms with Gasteiger partial charge in [-0.15, -0.1) is 0 Å². The van der Waals surface area contributed by atoms with Gasteiger partial charge in [0.1, 0.15) is 0 Å². The van der Waals surface area contributed by atoms with E-state index in [1.807, 2.05) is 6.07 Å². The lowest BCUT2D eigenvalue weighted by Gasteiger charge is -2.24. The Bertz CT molecular complexity index is 564. The Kier molecular flexibility index (Phi) is 4.37. The van der Waals surface area contributed by atoms with Crippen LogP contribution in [0, 0.1) is 5.92 Å². The third-order valence-electron chi connectivity index (χ3n) is 4.53. The SMILES string of the molecule is CCC1OCCC1C(N)c1ccc(-c2ccccc2)cc1. The van der Waals surface area contributed by atoms with Crippen LogP contribution in [0.1, 0.15) is 31.4 Å². The van der Waals surface area contributed by atoms with Crippen molar-refractivity contribution < 1.29 is 4.74 Å². The summed E-state index contributed by atoms with van der Waals surface area (Å²) in [5.74, 6) is 0.442. The van der Waals surface area contributed by atoms with E-state index in [-0.39, 0.29) is 6.04 Å². The summed E-state index contributed by atoms with van der Waals surface area (Å²) < 4.78 is 5.77. The highest BCUT2D eigenvalue weighted by Crippen LogP contribution is 2.33. The summed E-state index contributed by atoms with van der Waals surface area (Å²) in [6.45, 7) is 3.02. The molecule has 1 fully saturated rings. The number of ether oxygens (including phenoxy) is 1. The molecule has 3 rings (SSSR count). The molecular formula is C19H23NO. The highest BCUT2D eigenvalue weighted by Gasteiger charge is 2.32. The van der Waals surface area contributed by atoms with E-state index in [0.717, 1.165) is 19.4 Å².